The van der Waals surface area contributed by atoms with Gasteiger partial charge in [-0.15, -0.1) is 0 Å². The first kappa shape index (κ1) is 13.7. The number of nitrogens with zero attached hydrogens (tertiary/aromatic N) is 3. The second-order valence-electron chi connectivity index (χ2n) is 4.09. The summed E-state index contributed by atoms with van der Waals surface area (Å²) in [6.45, 7) is 2.32. The molecule has 0 aliphatic heterocycles. The fraction of sp³-hybridized carbons (Fsp3) is 0.231. The highest BCUT2D eigenvalue weighted by atomic mass is 16.6. The first-order valence-corrected chi connectivity index (χ1v) is 5.95. The van der Waals surface area contributed by atoms with Crippen molar-refractivity contribution in [3.63, 3.8) is 0 Å². The molecule has 0 saturated carbocycles. The number of ether oxygens (including phenoxy) is 1. The molecular weight excluding hydrogens is 260 g/mol. The Morgan fingerprint density at radius 3 is 2.85 bits per heavy atom. The Hall–Kier alpha value is -2.70. The van der Waals surface area contributed by atoms with E-state index in [2.05, 4.69) is 15.3 Å². The van der Waals surface area contributed by atoms with Gasteiger partial charge in [0.15, 0.2) is 5.75 Å². The van der Waals surface area contributed by atoms with Crippen LogP contribution >= 0.6 is 0 Å². The Kier molecular flexibility index (Phi) is 4.09. The van der Waals surface area contributed by atoms with Gasteiger partial charge in [0.25, 0.3) is 0 Å². The third-order valence-electron chi connectivity index (χ3n) is 2.68. The van der Waals surface area contributed by atoms with Gasteiger partial charge in [-0.1, -0.05) is 0 Å². The summed E-state index contributed by atoms with van der Waals surface area (Å²) < 4.78 is 5.01. The van der Waals surface area contributed by atoms with Crippen molar-refractivity contribution in [1.82, 2.24) is 9.97 Å². The van der Waals surface area contributed by atoms with Crippen LogP contribution in [0, 0.1) is 17.0 Å². The molecule has 1 N–H and O–H groups in total. The molecular formula is C13H14N4O3. The van der Waals surface area contributed by atoms with Crippen molar-refractivity contribution in [1.29, 1.82) is 0 Å². The molecule has 20 heavy (non-hydrogen) atoms. The zero-order valence-corrected chi connectivity index (χ0v) is 11.2. The quantitative estimate of drug-likeness (QED) is 0.664. The van der Waals surface area contributed by atoms with E-state index in [0.717, 1.165) is 11.4 Å². The second-order valence-corrected chi connectivity index (χ2v) is 4.09. The van der Waals surface area contributed by atoms with Crippen LogP contribution in [0.2, 0.25) is 0 Å². The van der Waals surface area contributed by atoms with Crippen molar-refractivity contribution in [3.05, 3.63) is 52.1 Å². The Labute approximate surface area is 115 Å². The summed E-state index contributed by atoms with van der Waals surface area (Å²) in [6, 6.07) is 6.44. The molecule has 0 bridgehead atoms. The van der Waals surface area contributed by atoms with E-state index in [4.69, 9.17) is 4.74 Å². The van der Waals surface area contributed by atoms with E-state index in [1.165, 1.54) is 13.2 Å². The second kappa shape index (κ2) is 5.96. The SMILES string of the molecule is COc1cc(NCc2ccnc(C)n2)ccc1[N+](=O)[O-]. The number of nitro benzene ring substituents is 1. The lowest BCUT2D eigenvalue weighted by atomic mass is 10.2. The maximum Gasteiger partial charge on any atom is 0.311 e. The number of hydrogen-bond donors (Lipinski definition) is 1. The summed E-state index contributed by atoms with van der Waals surface area (Å²) in [5, 5.41) is 13.9. The zero-order chi connectivity index (χ0) is 14.5. The van der Waals surface area contributed by atoms with Crippen LogP contribution in [0.25, 0.3) is 0 Å². The molecule has 0 aliphatic rings. The third kappa shape index (κ3) is 3.19. The van der Waals surface area contributed by atoms with Gasteiger partial charge in [0.1, 0.15) is 5.82 Å². The van der Waals surface area contributed by atoms with Crippen LogP contribution in [0.15, 0.2) is 30.5 Å². The minimum absolute atomic E-state index is 0.0593. The van der Waals surface area contributed by atoms with E-state index in [1.54, 1.807) is 18.3 Å². The summed E-state index contributed by atoms with van der Waals surface area (Å²) in [5.74, 6) is 0.921. The number of hydrogen-bond acceptors (Lipinski definition) is 6. The molecule has 0 amide bonds. The number of anilines is 1. The lowest BCUT2D eigenvalue weighted by Gasteiger charge is -2.08. The highest BCUT2D eigenvalue weighted by molar-refractivity contribution is 5.57. The van der Waals surface area contributed by atoms with Gasteiger partial charge in [-0.25, -0.2) is 9.97 Å². The van der Waals surface area contributed by atoms with Crippen LogP contribution in [0.1, 0.15) is 11.5 Å². The Morgan fingerprint density at radius 1 is 1.40 bits per heavy atom. The molecule has 2 aromatic rings. The summed E-state index contributed by atoms with van der Waals surface area (Å²) >= 11 is 0. The standard InChI is InChI=1S/C13H14N4O3/c1-9-14-6-5-11(16-9)8-15-10-3-4-12(17(18)19)13(7-10)20-2/h3-7,15H,8H2,1-2H3. The average Bonchev–Trinajstić information content (AvgIpc) is 2.44. The Bertz CT molecular complexity index is 631. The fourth-order valence-electron chi connectivity index (χ4n) is 1.73. The van der Waals surface area contributed by atoms with Crippen LogP contribution in [0.4, 0.5) is 11.4 Å². The number of nitro groups is 1. The van der Waals surface area contributed by atoms with E-state index in [-0.39, 0.29) is 11.4 Å². The molecule has 1 heterocycles. The number of benzene rings is 1. The van der Waals surface area contributed by atoms with Gasteiger partial charge in [-0.05, 0) is 19.1 Å². The van der Waals surface area contributed by atoms with Gasteiger partial charge >= 0.3 is 5.69 Å². The third-order valence-corrected chi connectivity index (χ3v) is 2.68. The van der Waals surface area contributed by atoms with Gasteiger partial charge < -0.3 is 10.1 Å². The molecule has 1 aromatic heterocycles. The first-order chi connectivity index (χ1) is 9.60. The van der Waals surface area contributed by atoms with Crippen molar-refractivity contribution in [2.75, 3.05) is 12.4 Å². The number of methoxy groups -OCH3 is 1. The molecule has 0 aliphatic carbocycles. The van der Waals surface area contributed by atoms with E-state index < -0.39 is 4.92 Å². The number of rotatable bonds is 5. The molecule has 0 unspecified atom stereocenters. The predicted molar refractivity (Wildman–Crippen MR) is 73.7 cm³/mol. The minimum atomic E-state index is -0.476. The largest absolute Gasteiger partial charge is 0.490 e. The number of aromatic nitrogens is 2. The normalized spacial score (nSPS) is 10.1. The monoisotopic (exact) mass is 274 g/mol. The van der Waals surface area contributed by atoms with Crippen LogP contribution < -0.4 is 10.1 Å². The van der Waals surface area contributed by atoms with Crippen molar-refractivity contribution in [2.24, 2.45) is 0 Å². The van der Waals surface area contributed by atoms with Crippen molar-refractivity contribution in [2.45, 2.75) is 13.5 Å². The van der Waals surface area contributed by atoms with E-state index >= 15 is 0 Å². The van der Waals surface area contributed by atoms with Crippen molar-refractivity contribution >= 4 is 11.4 Å². The fourth-order valence-corrected chi connectivity index (χ4v) is 1.73. The summed E-state index contributed by atoms with van der Waals surface area (Å²) in [7, 11) is 1.40. The van der Waals surface area contributed by atoms with Gasteiger partial charge in [0.05, 0.1) is 24.3 Å². The maximum atomic E-state index is 10.8. The number of aryl methyl sites for hydroxylation is 1. The van der Waals surface area contributed by atoms with Crippen LogP contribution in [-0.2, 0) is 6.54 Å². The highest BCUT2D eigenvalue weighted by Crippen LogP contribution is 2.29. The first-order valence-electron chi connectivity index (χ1n) is 5.95. The van der Waals surface area contributed by atoms with E-state index in [9.17, 15) is 10.1 Å². The molecule has 2 rings (SSSR count). The lowest BCUT2D eigenvalue weighted by Crippen LogP contribution is -2.03. The zero-order valence-electron chi connectivity index (χ0n) is 11.2. The van der Waals surface area contributed by atoms with E-state index in [0.29, 0.717) is 12.4 Å². The molecule has 0 atom stereocenters. The highest BCUT2D eigenvalue weighted by Gasteiger charge is 2.14. The van der Waals surface area contributed by atoms with Crippen LogP contribution in [-0.4, -0.2) is 22.0 Å². The summed E-state index contributed by atoms with van der Waals surface area (Å²) in [6.07, 6.45) is 1.69. The smallest absolute Gasteiger partial charge is 0.311 e. The molecule has 0 radical (unpaired) electrons. The summed E-state index contributed by atoms with van der Waals surface area (Å²) in [5.41, 5.74) is 1.51. The predicted octanol–water partition coefficient (Wildman–Crippen LogP) is 2.31. The van der Waals surface area contributed by atoms with Gasteiger partial charge in [0, 0.05) is 24.0 Å². The Balaban J connectivity index is 2.12. The Morgan fingerprint density at radius 2 is 2.20 bits per heavy atom. The molecule has 104 valence electrons. The van der Waals surface area contributed by atoms with Crippen LogP contribution in [0.3, 0.4) is 0 Å². The van der Waals surface area contributed by atoms with Crippen molar-refractivity contribution < 1.29 is 9.66 Å². The summed E-state index contributed by atoms with van der Waals surface area (Å²) in [4.78, 5) is 18.6. The molecule has 0 fully saturated rings. The van der Waals surface area contributed by atoms with Crippen LogP contribution in [0.5, 0.6) is 5.75 Å². The molecule has 1 aromatic carbocycles. The minimum Gasteiger partial charge on any atom is -0.490 e. The lowest BCUT2D eigenvalue weighted by molar-refractivity contribution is -0.385. The van der Waals surface area contributed by atoms with Crippen molar-refractivity contribution in [3.8, 4) is 5.75 Å². The maximum absolute atomic E-state index is 10.8. The van der Waals surface area contributed by atoms with E-state index in [1.807, 2.05) is 13.0 Å². The van der Waals surface area contributed by atoms with Gasteiger partial charge in [-0.3, -0.25) is 10.1 Å². The molecule has 0 spiro atoms. The molecule has 7 nitrogen and oxygen atoms in total. The molecule has 7 heteroatoms. The van der Waals surface area contributed by atoms with Gasteiger partial charge in [-0.2, -0.15) is 0 Å². The average molecular weight is 274 g/mol. The topological polar surface area (TPSA) is 90.2 Å². The molecule has 0 saturated heterocycles. The number of nitrogens with one attached hydrogen (secondary N) is 1. The van der Waals surface area contributed by atoms with Gasteiger partial charge in [0.2, 0.25) is 0 Å².